The van der Waals surface area contributed by atoms with Crippen LogP contribution in [0.2, 0.25) is 0 Å². The fourth-order valence-electron chi connectivity index (χ4n) is 3.27. The number of nitrogens with zero attached hydrogens (tertiary/aromatic N) is 3. The third kappa shape index (κ3) is 7.69. The number of carbonyl (C=O) groups is 2. The molecule has 0 fully saturated rings. The first-order chi connectivity index (χ1) is 16.5. The Morgan fingerprint density at radius 1 is 0.971 bits per heavy atom. The van der Waals surface area contributed by atoms with Gasteiger partial charge in [-0.2, -0.15) is 12.7 Å². The quantitative estimate of drug-likeness (QED) is 0.479. The molecule has 2 amide bonds. The smallest absolute Gasteiger partial charge is 0.304 e. The van der Waals surface area contributed by atoms with Gasteiger partial charge >= 0.3 is 10.2 Å². The standard InChI is InChI=1S/C25H36N4O5S/c1-19(2)16-26-25(31)20(3)28(17-21-12-14-23(34-6)15-13-21)24(30)18-29(35(32,33)27(4)5)22-10-8-7-9-11-22/h7-15,19-20H,16-18H2,1-6H3,(H,26,31)/t20-/m0/s1. The molecule has 2 aromatic carbocycles. The molecule has 2 aromatic rings. The molecule has 192 valence electrons. The number of carbonyl (C=O) groups excluding carboxylic acids is 2. The highest BCUT2D eigenvalue weighted by molar-refractivity contribution is 7.90. The van der Waals surface area contributed by atoms with Crippen molar-refractivity contribution in [3.63, 3.8) is 0 Å². The Hall–Kier alpha value is -3.11. The van der Waals surface area contributed by atoms with E-state index in [0.717, 1.165) is 14.2 Å². The molecule has 0 aromatic heterocycles. The number of amides is 2. The van der Waals surface area contributed by atoms with Crippen LogP contribution in [0.3, 0.4) is 0 Å². The van der Waals surface area contributed by atoms with E-state index in [4.69, 9.17) is 4.74 Å². The van der Waals surface area contributed by atoms with Crippen molar-refractivity contribution in [1.29, 1.82) is 0 Å². The Balaban J connectivity index is 2.39. The van der Waals surface area contributed by atoms with E-state index in [1.165, 1.54) is 19.0 Å². The van der Waals surface area contributed by atoms with E-state index in [2.05, 4.69) is 5.32 Å². The van der Waals surface area contributed by atoms with Crippen molar-refractivity contribution < 1.29 is 22.7 Å². The molecule has 0 saturated carbocycles. The lowest BCUT2D eigenvalue weighted by Gasteiger charge is -2.33. The van der Waals surface area contributed by atoms with Crippen LogP contribution in [-0.2, 0) is 26.3 Å². The topological polar surface area (TPSA) is 99.3 Å². The third-order valence-electron chi connectivity index (χ3n) is 5.43. The van der Waals surface area contributed by atoms with E-state index in [9.17, 15) is 18.0 Å². The zero-order valence-corrected chi connectivity index (χ0v) is 22.1. The number of para-hydroxylation sites is 1. The summed E-state index contributed by atoms with van der Waals surface area (Å²) in [5.41, 5.74) is 1.14. The predicted octanol–water partition coefficient (Wildman–Crippen LogP) is 2.50. The molecule has 0 saturated heterocycles. The van der Waals surface area contributed by atoms with E-state index < -0.39 is 28.7 Å². The largest absolute Gasteiger partial charge is 0.497 e. The number of methoxy groups -OCH3 is 1. The first kappa shape index (κ1) is 28.1. The van der Waals surface area contributed by atoms with Crippen LogP contribution in [0, 0.1) is 5.92 Å². The Morgan fingerprint density at radius 2 is 1.57 bits per heavy atom. The summed E-state index contributed by atoms with van der Waals surface area (Å²) in [6.45, 7) is 5.75. The van der Waals surface area contributed by atoms with Crippen molar-refractivity contribution in [2.75, 3.05) is 38.6 Å². The molecule has 0 radical (unpaired) electrons. The highest BCUT2D eigenvalue weighted by Crippen LogP contribution is 2.21. The number of hydrogen-bond donors (Lipinski definition) is 1. The van der Waals surface area contributed by atoms with Gasteiger partial charge in [0, 0.05) is 27.2 Å². The maximum absolute atomic E-state index is 13.6. The number of ether oxygens (including phenoxy) is 1. The maximum atomic E-state index is 13.6. The van der Waals surface area contributed by atoms with Gasteiger partial charge < -0.3 is 15.0 Å². The van der Waals surface area contributed by atoms with Crippen LogP contribution in [0.15, 0.2) is 54.6 Å². The van der Waals surface area contributed by atoms with Gasteiger partial charge in [0.05, 0.1) is 12.8 Å². The van der Waals surface area contributed by atoms with Gasteiger partial charge in [-0.15, -0.1) is 0 Å². The summed E-state index contributed by atoms with van der Waals surface area (Å²) < 4.78 is 33.5. The second kappa shape index (κ2) is 12.6. The SMILES string of the molecule is COc1ccc(CN(C(=O)CN(c2ccccc2)S(=O)(=O)N(C)C)[C@@H](C)C(=O)NCC(C)C)cc1. The van der Waals surface area contributed by atoms with Gasteiger partial charge in [-0.1, -0.05) is 44.2 Å². The molecule has 0 heterocycles. The Bertz CT molecular complexity index is 1070. The summed E-state index contributed by atoms with van der Waals surface area (Å²) in [5, 5.41) is 2.86. The minimum absolute atomic E-state index is 0.129. The lowest BCUT2D eigenvalue weighted by atomic mass is 10.1. The number of hydrogen-bond acceptors (Lipinski definition) is 5. The number of benzene rings is 2. The molecule has 1 atom stereocenters. The molecule has 10 heteroatoms. The minimum atomic E-state index is -3.97. The van der Waals surface area contributed by atoms with Crippen LogP contribution in [0.4, 0.5) is 5.69 Å². The predicted molar refractivity (Wildman–Crippen MR) is 137 cm³/mol. The van der Waals surface area contributed by atoms with Gasteiger partial charge in [-0.3, -0.25) is 9.59 Å². The highest BCUT2D eigenvalue weighted by atomic mass is 32.2. The van der Waals surface area contributed by atoms with Crippen LogP contribution in [0.5, 0.6) is 5.75 Å². The molecular formula is C25H36N4O5S. The van der Waals surface area contributed by atoms with Crippen molar-refractivity contribution in [3.05, 3.63) is 60.2 Å². The van der Waals surface area contributed by atoms with E-state index >= 15 is 0 Å². The average molecular weight is 505 g/mol. The number of nitrogens with one attached hydrogen (secondary N) is 1. The highest BCUT2D eigenvalue weighted by Gasteiger charge is 2.32. The molecule has 0 aliphatic heterocycles. The van der Waals surface area contributed by atoms with E-state index in [1.54, 1.807) is 56.5 Å². The fraction of sp³-hybridized carbons (Fsp3) is 0.440. The normalized spacial score (nSPS) is 12.3. The zero-order chi connectivity index (χ0) is 26.2. The van der Waals surface area contributed by atoms with Gasteiger partial charge in [0.15, 0.2) is 0 Å². The first-order valence-electron chi connectivity index (χ1n) is 11.4. The Labute approximate surface area is 208 Å². The molecule has 0 aliphatic carbocycles. The molecule has 0 spiro atoms. The molecule has 1 N–H and O–H groups in total. The second-order valence-electron chi connectivity index (χ2n) is 8.82. The number of anilines is 1. The monoisotopic (exact) mass is 504 g/mol. The van der Waals surface area contributed by atoms with Crippen molar-refractivity contribution in [2.45, 2.75) is 33.4 Å². The third-order valence-corrected chi connectivity index (χ3v) is 7.25. The van der Waals surface area contributed by atoms with E-state index in [0.29, 0.717) is 18.0 Å². The van der Waals surface area contributed by atoms with E-state index in [1.807, 2.05) is 26.0 Å². The second-order valence-corrected chi connectivity index (χ2v) is 10.9. The number of rotatable bonds is 12. The Kier molecular flexibility index (Phi) is 10.1. The summed E-state index contributed by atoms with van der Waals surface area (Å²) in [7, 11) is 0.416. The van der Waals surface area contributed by atoms with Crippen molar-refractivity contribution in [2.24, 2.45) is 5.92 Å². The van der Waals surface area contributed by atoms with Crippen LogP contribution < -0.4 is 14.4 Å². The van der Waals surface area contributed by atoms with Crippen LogP contribution in [-0.4, -0.2) is 69.8 Å². The molecule has 9 nitrogen and oxygen atoms in total. The maximum Gasteiger partial charge on any atom is 0.304 e. The molecule has 0 unspecified atom stereocenters. The van der Waals surface area contributed by atoms with Gasteiger partial charge in [-0.05, 0) is 42.7 Å². The lowest BCUT2D eigenvalue weighted by molar-refractivity contribution is -0.139. The van der Waals surface area contributed by atoms with Crippen LogP contribution in [0.25, 0.3) is 0 Å². The van der Waals surface area contributed by atoms with E-state index in [-0.39, 0.29) is 18.4 Å². The van der Waals surface area contributed by atoms with Crippen molar-refractivity contribution >= 4 is 27.7 Å². The molecule has 0 aliphatic rings. The summed E-state index contributed by atoms with van der Waals surface area (Å²) in [5.74, 6) is 0.113. The molecule has 35 heavy (non-hydrogen) atoms. The molecule has 2 rings (SSSR count). The van der Waals surface area contributed by atoms with Crippen molar-refractivity contribution in [3.8, 4) is 5.75 Å². The molecule has 0 bridgehead atoms. The van der Waals surface area contributed by atoms with Gasteiger partial charge in [0.2, 0.25) is 11.8 Å². The lowest BCUT2D eigenvalue weighted by Crippen LogP contribution is -2.52. The van der Waals surface area contributed by atoms with Crippen LogP contribution in [0.1, 0.15) is 26.3 Å². The van der Waals surface area contributed by atoms with Gasteiger partial charge in [0.25, 0.3) is 0 Å². The first-order valence-corrected chi connectivity index (χ1v) is 12.8. The average Bonchev–Trinajstić information content (AvgIpc) is 2.84. The summed E-state index contributed by atoms with van der Waals surface area (Å²) in [6.07, 6.45) is 0. The van der Waals surface area contributed by atoms with Crippen molar-refractivity contribution in [1.82, 2.24) is 14.5 Å². The van der Waals surface area contributed by atoms with Gasteiger partial charge in [-0.25, -0.2) is 4.31 Å². The Morgan fingerprint density at radius 3 is 2.09 bits per heavy atom. The minimum Gasteiger partial charge on any atom is -0.497 e. The summed E-state index contributed by atoms with van der Waals surface area (Å²) in [6, 6.07) is 14.8. The summed E-state index contributed by atoms with van der Waals surface area (Å²) >= 11 is 0. The fourth-order valence-corrected chi connectivity index (χ4v) is 4.33. The van der Waals surface area contributed by atoms with Crippen LogP contribution >= 0.6 is 0 Å². The molecular weight excluding hydrogens is 468 g/mol. The zero-order valence-electron chi connectivity index (χ0n) is 21.3. The van der Waals surface area contributed by atoms with Gasteiger partial charge in [0.1, 0.15) is 18.3 Å². The summed E-state index contributed by atoms with van der Waals surface area (Å²) in [4.78, 5) is 27.9.